The van der Waals surface area contributed by atoms with E-state index < -0.39 is 17.9 Å². The number of hydrogen-bond acceptors (Lipinski definition) is 4. The number of carbonyl (C=O) groups is 1. The van der Waals surface area contributed by atoms with Crippen LogP contribution in [0.25, 0.3) is 0 Å². The van der Waals surface area contributed by atoms with Crippen LogP contribution in [0.4, 0.5) is 0 Å². The molecule has 0 aliphatic heterocycles. The Kier molecular flexibility index (Phi) is 2.79. The first kappa shape index (κ1) is 10.2. The van der Waals surface area contributed by atoms with Crippen LogP contribution in [0, 0.1) is 18.3 Å². The summed E-state index contributed by atoms with van der Waals surface area (Å²) in [6.45, 7) is 0.892. The van der Waals surface area contributed by atoms with Gasteiger partial charge in [0, 0.05) is 11.3 Å². The summed E-state index contributed by atoms with van der Waals surface area (Å²) in [4.78, 5) is 24.6. The summed E-state index contributed by atoms with van der Waals surface area (Å²) < 4.78 is 0. The van der Waals surface area contributed by atoms with Crippen LogP contribution in [0.2, 0.25) is 0 Å². The molecule has 0 atom stereocenters. The summed E-state index contributed by atoms with van der Waals surface area (Å²) in [7, 11) is 0. The maximum absolute atomic E-state index is 11.1. The predicted octanol–water partition coefficient (Wildman–Crippen LogP) is -0.270. The van der Waals surface area contributed by atoms with Crippen molar-refractivity contribution < 1.29 is 9.90 Å². The number of rotatable bonds is 2. The quantitative estimate of drug-likeness (QED) is 0.630. The molecule has 1 aromatic heterocycles. The Morgan fingerprint density at radius 3 is 2.86 bits per heavy atom. The maximum Gasteiger partial charge on any atom is 0.266 e. The fourth-order valence-corrected chi connectivity index (χ4v) is 1.08. The highest BCUT2D eigenvalue weighted by Crippen LogP contribution is 2.04. The minimum atomic E-state index is -0.641. The number of nitrogens with one attached hydrogen (secondary N) is 1. The van der Waals surface area contributed by atoms with Gasteiger partial charge in [-0.2, -0.15) is 5.26 Å². The Hall–Kier alpha value is -1.93. The van der Waals surface area contributed by atoms with Crippen molar-refractivity contribution in [3.63, 3.8) is 0 Å². The Balaban J connectivity index is 3.41. The van der Waals surface area contributed by atoms with E-state index in [2.05, 4.69) is 4.98 Å². The molecule has 14 heavy (non-hydrogen) atoms. The molecule has 0 saturated heterocycles. The summed E-state index contributed by atoms with van der Waals surface area (Å²) >= 11 is 0. The number of nitriles is 1. The molecule has 72 valence electrons. The van der Waals surface area contributed by atoms with Gasteiger partial charge in [-0.3, -0.25) is 9.59 Å². The van der Waals surface area contributed by atoms with Gasteiger partial charge in [-0.15, -0.1) is 0 Å². The van der Waals surface area contributed by atoms with Crippen molar-refractivity contribution >= 4 is 5.78 Å². The third kappa shape index (κ3) is 1.70. The number of ketones is 1. The molecule has 0 radical (unpaired) electrons. The molecule has 0 spiro atoms. The van der Waals surface area contributed by atoms with Crippen molar-refractivity contribution in [1.29, 1.82) is 5.26 Å². The van der Waals surface area contributed by atoms with Gasteiger partial charge in [0.1, 0.15) is 18.2 Å². The van der Waals surface area contributed by atoms with E-state index in [4.69, 9.17) is 10.4 Å². The smallest absolute Gasteiger partial charge is 0.266 e. The van der Waals surface area contributed by atoms with Crippen molar-refractivity contribution in [3.8, 4) is 6.07 Å². The van der Waals surface area contributed by atoms with Gasteiger partial charge in [-0.1, -0.05) is 0 Å². The van der Waals surface area contributed by atoms with E-state index in [0.29, 0.717) is 5.69 Å². The molecule has 5 nitrogen and oxygen atoms in total. The molecule has 1 heterocycles. The number of nitrogens with zero attached hydrogens (tertiary/aromatic N) is 1. The molecule has 1 rings (SSSR count). The second kappa shape index (κ2) is 3.85. The van der Waals surface area contributed by atoms with Gasteiger partial charge in [0.2, 0.25) is 0 Å². The highest BCUT2D eigenvalue weighted by Gasteiger charge is 2.11. The number of aromatic amines is 1. The molecular weight excluding hydrogens is 184 g/mol. The lowest BCUT2D eigenvalue weighted by molar-refractivity contribution is 0.0902. The number of aromatic nitrogens is 1. The average Bonchev–Trinajstić information content (AvgIpc) is 2.17. The highest BCUT2D eigenvalue weighted by molar-refractivity contribution is 5.98. The summed E-state index contributed by atoms with van der Waals surface area (Å²) in [5, 5.41) is 17.2. The third-order valence-corrected chi connectivity index (χ3v) is 1.80. The Morgan fingerprint density at radius 1 is 1.71 bits per heavy atom. The first-order valence-corrected chi connectivity index (χ1v) is 3.88. The molecule has 0 fully saturated rings. The number of H-pyrrole nitrogens is 1. The number of carbonyl (C=O) groups excluding carboxylic acids is 1. The van der Waals surface area contributed by atoms with E-state index in [-0.39, 0.29) is 11.1 Å². The lowest BCUT2D eigenvalue weighted by Crippen LogP contribution is -2.17. The van der Waals surface area contributed by atoms with Crippen LogP contribution in [0.5, 0.6) is 0 Å². The summed E-state index contributed by atoms with van der Waals surface area (Å²) in [6.07, 6.45) is 0. The van der Waals surface area contributed by atoms with Crippen molar-refractivity contribution in [2.24, 2.45) is 0 Å². The molecule has 0 saturated carbocycles. The fraction of sp³-hybridized carbons (Fsp3) is 0.222. The van der Waals surface area contributed by atoms with E-state index in [9.17, 15) is 9.59 Å². The molecule has 0 amide bonds. The zero-order chi connectivity index (χ0) is 10.7. The van der Waals surface area contributed by atoms with Gasteiger partial charge >= 0.3 is 0 Å². The number of aliphatic hydroxyl groups is 1. The van der Waals surface area contributed by atoms with Gasteiger partial charge in [-0.05, 0) is 13.0 Å². The lowest BCUT2D eigenvalue weighted by atomic mass is 10.1. The van der Waals surface area contributed by atoms with Crippen LogP contribution in [0.15, 0.2) is 10.9 Å². The standard InChI is InChI=1S/C9H8N2O3/c1-5-7(8(13)4-12)2-6(3-10)9(14)11-5/h2,12H,4H2,1H3,(H,11,14). The molecule has 0 unspecified atom stereocenters. The molecule has 2 N–H and O–H groups in total. The van der Waals surface area contributed by atoms with Gasteiger partial charge < -0.3 is 10.1 Å². The summed E-state index contributed by atoms with van der Waals surface area (Å²) in [5.74, 6) is -0.518. The zero-order valence-electron chi connectivity index (χ0n) is 7.50. The van der Waals surface area contributed by atoms with E-state index in [1.165, 1.54) is 13.0 Å². The van der Waals surface area contributed by atoms with Crippen LogP contribution in [-0.4, -0.2) is 22.5 Å². The van der Waals surface area contributed by atoms with Crippen molar-refractivity contribution in [2.45, 2.75) is 6.92 Å². The Labute approximate surface area is 79.6 Å². The minimum Gasteiger partial charge on any atom is -0.388 e. The first-order chi connectivity index (χ1) is 6.60. The van der Waals surface area contributed by atoms with Crippen LogP contribution in [-0.2, 0) is 0 Å². The highest BCUT2D eigenvalue weighted by atomic mass is 16.3. The van der Waals surface area contributed by atoms with Crippen molar-refractivity contribution in [3.05, 3.63) is 33.2 Å². The summed E-state index contributed by atoms with van der Waals surface area (Å²) in [5.41, 5.74) is -0.136. The molecule has 0 aromatic carbocycles. The Bertz CT molecular complexity index is 468. The van der Waals surface area contributed by atoms with Gasteiger partial charge in [0.05, 0.1) is 0 Å². The van der Waals surface area contributed by atoms with E-state index >= 15 is 0 Å². The maximum atomic E-state index is 11.1. The van der Waals surface area contributed by atoms with Crippen LogP contribution >= 0.6 is 0 Å². The molecule has 1 aromatic rings. The Morgan fingerprint density at radius 2 is 2.36 bits per heavy atom. The molecule has 0 aliphatic carbocycles. The first-order valence-electron chi connectivity index (χ1n) is 3.88. The number of hydrogen-bond donors (Lipinski definition) is 2. The average molecular weight is 192 g/mol. The predicted molar refractivity (Wildman–Crippen MR) is 47.9 cm³/mol. The van der Waals surface area contributed by atoms with Gasteiger partial charge in [0.25, 0.3) is 5.56 Å². The van der Waals surface area contributed by atoms with Crippen molar-refractivity contribution in [2.75, 3.05) is 6.61 Å². The van der Waals surface area contributed by atoms with Crippen LogP contribution < -0.4 is 5.56 Å². The minimum absolute atomic E-state index is 0.132. The number of aryl methyl sites for hydroxylation is 1. The SMILES string of the molecule is Cc1[nH]c(=O)c(C#N)cc1C(=O)CO. The van der Waals surface area contributed by atoms with E-state index in [1.54, 1.807) is 6.07 Å². The molecular formula is C9H8N2O3. The lowest BCUT2D eigenvalue weighted by Gasteiger charge is -2.02. The van der Waals surface area contributed by atoms with E-state index in [0.717, 1.165) is 0 Å². The fourth-order valence-electron chi connectivity index (χ4n) is 1.08. The second-order valence-electron chi connectivity index (χ2n) is 2.74. The van der Waals surface area contributed by atoms with Crippen LogP contribution in [0.1, 0.15) is 21.6 Å². The third-order valence-electron chi connectivity index (χ3n) is 1.80. The monoisotopic (exact) mass is 192 g/mol. The van der Waals surface area contributed by atoms with Crippen LogP contribution in [0.3, 0.4) is 0 Å². The normalized spacial score (nSPS) is 9.50. The number of aliphatic hydroxyl groups excluding tert-OH is 1. The summed E-state index contributed by atoms with van der Waals surface area (Å²) in [6, 6.07) is 2.85. The topological polar surface area (TPSA) is 94.0 Å². The zero-order valence-corrected chi connectivity index (χ0v) is 7.50. The van der Waals surface area contributed by atoms with Gasteiger partial charge in [-0.25, -0.2) is 0 Å². The number of Topliss-reactive ketones (excluding diaryl/α,β-unsaturated/α-hetero) is 1. The molecule has 0 bridgehead atoms. The largest absolute Gasteiger partial charge is 0.388 e. The second-order valence-corrected chi connectivity index (χ2v) is 2.74. The van der Waals surface area contributed by atoms with E-state index in [1.807, 2.05) is 0 Å². The molecule has 5 heteroatoms. The van der Waals surface area contributed by atoms with Crippen molar-refractivity contribution in [1.82, 2.24) is 4.98 Å². The molecule has 0 aliphatic rings. The van der Waals surface area contributed by atoms with Gasteiger partial charge in [0.15, 0.2) is 5.78 Å². The number of pyridine rings is 1.